The van der Waals surface area contributed by atoms with Crippen LogP contribution in [0.25, 0.3) is 22.0 Å². The van der Waals surface area contributed by atoms with Crippen LogP contribution in [0.3, 0.4) is 0 Å². The molecule has 1 aromatic heterocycles. The van der Waals surface area contributed by atoms with Crippen LogP contribution < -0.4 is 10.2 Å². The Morgan fingerprint density at radius 1 is 1.04 bits per heavy atom. The van der Waals surface area contributed by atoms with Crippen LogP contribution in [0.2, 0.25) is 0 Å². The van der Waals surface area contributed by atoms with E-state index < -0.39 is 0 Å². The fourth-order valence-corrected chi connectivity index (χ4v) is 2.88. The van der Waals surface area contributed by atoms with Gasteiger partial charge in [-0.1, -0.05) is 48.5 Å². The number of H-pyrrole nitrogens is 1. The van der Waals surface area contributed by atoms with Crippen molar-refractivity contribution in [2.24, 2.45) is 5.10 Å². The number of fused-ring (bicyclic) bond motifs is 1. The van der Waals surface area contributed by atoms with Crippen molar-refractivity contribution in [1.82, 2.24) is 15.6 Å². The second kappa shape index (κ2) is 7.75. The van der Waals surface area contributed by atoms with E-state index in [0.29, 0.717) is 11.4 Å². The summed E-state index contributed by atoms with van der Waals surface area (Å²) >= 11 is 0. The lowest BCUT2D eigenvalue weighted by molar-refractivity contribution is 0.0950. The molecular weight excluding hydrogens is 352 g/mol. The number of methoxy groups -OCH3 is 1. The van der Waals surface area contributed by atoms with Crippen molar-refractivity contribution in [2.75, 3.05) is 7.11 Å². The van der Waals surface area contributed by atoms with Crippen LogP contribution >= 0.6 is 0 Å². The van der Waals surface area contributed by atoms with Gasteiger partial charge >= 0.3 is 0 Å². The number of ether oxygens (including phenoxy) is 1. The molecule has 0 spiro atoms. The number of carbonyl (C=O) groups excluding carboxylic acids is 1. The maximum Gasteiger partial charge on any atom is 0.289 e. The number of hydrogen-bond acceptors (Lipinski definition) is 4. The number of carbonyl (C=O) groups is 1. The number of nitrogens with one attached hydrogen (secondary N) is 2. The van der Waals surface area contributed by atoms with E-state index in [1.807, 2.05) is 60.7 Å². The van der Waals surface area contributed by atoms with E-state index in [2.05, 4.69) is 26.8 Å². The molecular formula is C22H18N4O2. The molecule has 4 aromatic rings. The Kier molecular flexibility index (Phi) is 4.84. The lowest BCUT2D eigenvalue weighted by atomic mass is 10.1. The predicted molar refractivity (Wildman–Crippen MR) is 110 cm³/mol. The van der Waals surface area contributed by atoms with Gasteiger partial charge in [0.15, 0.2) is 0 Å². The van der Waals surface area contributed by atoms with E-state index in [0.717, 1.165) is 27.6 Å². The average Bonchev–Trinajstić information content (AvgIpc) is 3.24. The van der Waals surface area contributed by atoms with E-state index in [4.69, 9.17) is 4.74 Å². The van der Waals surface area contributed by atoms with E-state index in [1.165, 1.54) is 0 Å². The number of rotatable bonds is 5. The summed E-state index contributed by atoms with van der Waals surface area (Å²) in [6.07, 6.45) is 1.56. The molecule has 1 amide bonds. The summed E-state index contributed by atoms with van der Waals surface area (Å²) in [5.41, 5.74) is 5.30. The molecule has 138 valence electrons. The summed E-state index contributed by atoms with van der Waals surface area (Å²) in [5, 5.41) is 13.3. The highest BCUT2D eigenvalue weighted by Crippen LogP contribution is 2.23. The zero-order valence-corrected chi connectivity index (χ0v) is 15.2. The van der Waals surface area contributed by atoms with Gasteiger partial charge in [-0.15, -0.1) is 0 Å². The fraction of sp³-hybridized carbons (Fsp3) is 0.0455. The first-order valence-electron chi connectivity index (χ1n) is 8.75. The summed E-state index contributed by atoms with van der Waals surface area (Å²) in [6, 6.07) is 23.3. The fourth-order valence-electron chi connectivity index (χ4n) is 2.88. The number of aromatic amines is 1. The molecule has 6 heteroatoms. The maximum atomic E-state index is 12.3. The van der Waals surface area contributed by atoms with Gasteiger partial charge in [-0.3, -0.25) is 9.89 Å². The van der Waals surface area contributed by atoms with Crippen LogP contribution in [0, 0.1) is 0 Å². The number of nitrogens with zero attached hydrogens (tertiary/aromatic N) is 2. The van der Waals surface area contributed by atoms with Crippen LogP contribution in [0.4, 0.5) is 0 Å². The molecule has 0 radical (unpaired) electrons. The van der Waals surface area contributed by atoms with Crippen LogP contribution in [0.1, 0.15) is 16.1 Å². The minimum Gasteiger partial charge on any atom is -0.497 e. The molecule has 0 saturated carbocycles. The Hall–Kier alpha value is -3.93. The molecule has 0 atom stereocenters. The van der Waals surface area contributed by atoms with Crippen molar-refractivity contribution in [3.63, 3.8) is 0 Å². The van der Waals surface area contributed by atoms with Gasteiger partial charge in [0.05, 0.1) is 19.0 Å². The summed E-state index contributed by atoms with van der Waals surface area (Å²) in [4.78, 5) is 12.3. The Morgan fingerprint density at radius 2 is 1.89 bits per heavy atom. The van der Waals surface area contributed by atoms with Crippen LogP contribution in [0.15, 0.2) is 77.9 Å². The molecule has 3 aromatic carbocycles. The molecule has 1 heterocycles. The molecule has 4 rings (SSSR count). The van der Waals surface area contributed by atoms with Gasteiger partial charge in [0.1, 0.15) is 11.4 Å². The minimum absolute atomic E-state index is 0.339. The molecule has 0 aliphatic carbocycles. The molecule has 6 nitrogen and oxygen atoms in total. The first-order chi connectivity index (χ1) is 13.7. The lowest BCUT2D eigenvalue weighted by Crippen LogP contribution is -2.18. The van der Waals surface area contributed by atoms with Crippen molar-refractivity contribution in [2.45, 2.75) is 0 Å². The normalized spacial score (nSPS) is 11.0. The Bertz CT molecular complexity index is 1160. The second-order valence-corrected chi connectivity index (χ2v) is 6.20. The van der Waals surface area contributed by atoms with Crippen molar-refractivity contribution >= 4 is 22.9 Å². The zero-order valence-electron chi connectivity index (χ0n) is 15.2. The molecule has 0 aliphatic heterocycles. The van der Waals surface area contributed by atoms with Gasteiger partial charge in [-0.2, -0.15) is 10.2 Å². The second-order valence-electron chi connectivity index (χ2n) is 6.20. The molecule has 0 aliphatic rings. The Labute approximate surface area is 161 Å². The predicted octanol–water partition coefficient (Wildman–Crippen LogP) is 4.00. The summed E-state index contributed by atoms with van der Waals surface area (Å²) in [7, 11) is 1.60. The molecule has 0 fully saturated rings. The lowest BCUT2D eigenvalue weighted by Gasteiger charge is -2.00. The van der Waals surface area contributed by atoms with E-state index in [1.54, 1.807) is 19.4 Å². The molecule has 0 bridgehead atoms. The van der Waals surface area contributed by atoms with Gasteiger partial charge < -0.3 is 4.74 Å². The number of amides is 1. The van der Waals surface area contributed by atoms with Gasteiger partial charge in [0.2, 0.25) is 0 Å². The van der Waals surface area contributed by atoms with E-state index in [-0.39, 0.29) is 5.91 Å². The summed E-state index contributed by atoms with van der Waals surface area (Å²) < 4.78 is 5.16. The summed E-state index contributed by atoms with van der Waals surface area (Å²) in [6.45, 7) is 0. The van der Waals surface area contributed by atoms with Crippen LogP contribution in [0.5, 0.6) is 5.75 Å². The Morgan fingerprint density at radius 3 is 2.75 bits per heavy atom. The first kappa shape index (κ1) is 17.5. The van der Waals surface area contributed by atoms with Gasteiger partial charge in [0.25, 0.3) is 5.91 Å². The highest BCUT2D eigenvalue weighted by Gasteiger charge is 2.10. The van der Waals surface area contributed by atoms with Gasteiger partial charge in [0, 0.05) is 5.56 Å². The zero-order chi connectivity index (χ0) is 19.3. The third-order valence-corrected chi connectivity index (χ3v) is 4.34. The number of hydrogen-bond donors (Lipinski definition) is 2. The average molecular weight is 370 g/mol. The monoisotopic (exact) mass is 370 g/mol. The smallest absolute Gasteiger partial charge is 0.289 e. The highest BCUT2D eigenvalue weighted by molar-refractivity contribution is 5.94. The molecule has 0 unspecified atom stereocenters. The SMILES string of the molecule is COc1cccc(/C=N\NC(=O)c2cc(-c3ccc4ccccc4c3)n[nH]2)c1. The quantitative estimate of drug-likeness (QED) is 0.412. The topological polar surface area (TPSA) is 79.4 Å². The van der Waals surface area contributed by atoms with Crippen LogP contribution in [-0.2, 0) is 0 Å². The minimum atomic E-state index is -0.362. The largest absolute Gasteiger partial charge is 0.497 e. The third kappa shape index (κ3) is 3.76. The maximum absolute atomic E-state index is 12.3. The molecule has 2 N–H and O–H groups in total. The van der Waals surface area contributed by atoms with Crippen molar-refractivity contribution in [1.29, 1.82) is 0 Å². The Balaban J connectivity index is 1.47. The molecule has 0 saturated heterocycles. The standard InChI is InChI=1S/C22H18N4O2/c1-28-19-8-4-5-15(11-19)14-23-26-22(27)21-13-20(24-25-21)18-10-9-16-6-2-3-7-17(16)12-18/h2-14H,1H3,(H,24,25)(H,26,27)/b23-14-. The van der Waals surface area contributed by atoms with Crippen molar-refractivity contribution < 1.29 is 9.53 Å². The number of benzene rings is 3. The molecule has 28 heavy (non-hydrogen) atoms. The van der Waals surface area contributed by atoms with E-state index >= 15 is 0 Å². The number of hydrazone groups is 1. The first-order valence-corrected chi connectivity index (χ1v) is 8.75. The number of aromatic nitrogens is 2. The van der Waals surface area contributed by atoms with Crippen LogP contribution in [-0.4, -0.2) is 29.4 Å². The highest BCUT2D eigenvalue weighted by atomic mass is 16.5. The van der Waals surface area contributed by atoms with Gasteiger partial charge in [-0.25, -0.2) is 5.43 Å². The summed E-state index contributed by atoms with van der Waals surface area (Å²) in [5.74, 6) is 0.363. The van der Waals surface area contributed by atoms with Crippen molar-refractivity contribution in [3.8, 4) is 17.0 Å². The van der Waals surface area contributed by atoms with Gasteiger partial charge in [-0.05, 0) is 40.6 Å². The third-order valence-electron chi connectivity index (χ3n) is 4.34. The van der Waals surface area contributed by atoms with Crippen molar-refractivity contribution in [3.05, 3.63) is 84.1 Å². The van der Waals surface area contributed by atoms with E-state index in [9.17, 15) is 4.79 Å².